The highest BCUT2D eigenvalue weighted by Gasteiger charge is 2.20. The fourth-order valence-electron chi connectivity index (χ4n) is 2.09. The summed E-state index contributed by atoms with van der Waals surface area (Å²) in [5, 5.41) is 0.148. The molecule has 1 aromatic heterocycles. The van der Waals surface area contributed by atoms with Gasteiger partial charge >= 0.3 is 0 Å². The van der Waals surface area contributed by atoms with Crippen molar-refractivity contribution >= 4 is 27.3 Å². The number of aromatic nitrogens is 1. The maximum atomic E-state index is 12.4. The second kappa shape index (κ2) is 5.42. The molecule has 20 heavy (non-hydrogen) atoms. The Morgan fingerprint density at radius 1 is 1.15 bits per heavy atom. The average molecular weight is 311 g/mol. The Morgan fingerprint density at radius 3 is 2.30 bits per heavy atom. The Labute approximate surface area is 123 Å². The van der Waals surface area contributed by atoms with Crippen LogP contribution in [0.5, 0.6) is 0 Å². The number of rotatable bonds is 3. The number of nitrogens with zero attached hydrogens (tertiary/aromatic N) is 1. The van der Waals surface area contributed by atoms with Gasteiger partial charge in [-0.1, -0.05) is 29.3 Å². The van der Waals surface area contributed by atoms with Crippen LogP contribution in [0.3, 0.4) is 0 Å². The van der Waals surface area contributed by atoms with E-state index in [0.717, 1.165) is 16.7 Å². The number of halogens is 1. The van der Waals surface area contributed by atoms with Gasteiger partial charge < -0.3 is 0 Å². The predicted octanol–water partition coefficient (Wildman–Crippen LogP) is 3.46. The molecule has 0 fully saturated rings. The maximum absolute atomic E-state index is 12.4. The first-order valence-corrected chi connectivity index (χ1v) is 7.87. The number of sulfonamides is 1. The molecular weight excluding hydrogens is 296 g/mol. The highest BCUT2D eigenvalue weighted by atomic mass is 35.5. The van der Waals surface area contributed by atoms with Crippen LogP contribution in [0.2, 0.25) is 5.02 Å². The topological polar surface area (TPSA) is 59.1 Å². The first-order valence-electron chi connectivity index (χ1n) is 6.01. The van der Waals surface area contributed by atoms with Gasteiger partial charge in [0.25, 0.3) is 10.0 Å². The van der Waals surface area contributed by atoms with Crippen molar-refractivity contribution in [2.24, 2.45) is 0 Å². The summed E-state index contributed by atoms with van der Waals surface area (Å²) in [6.07, 6.45) is 2.69. The SMILES string of the molecule is Cc1cc(C)c(NS(=O)(=O)c2cnccc2Cl)c(C)c1. The molecule has 0 radical (unpaired) electrons. The number of anilines is 1. The van der Waals surface area contributed by atoms with E-state index in [0.29, 0.717) is 5.69 Å². The van der Waals surface area contributed by atoms with Gasteiger partial charge in [-0.15, -0.1) is 0 Å². The van der Waals surface area contributed by atoms with Crippen LogP contribution in [0.4, 0.5) is 5.69 Å². The Kier molecular flexibility index (Phi) is 4.01. The smallest absolute Gasteiger partial charge is 0.264 e. The molecule has 106 valence electrons. The van der Waals surface area contributed by atoms with Crippen molar-refractivity contribution in [3.63, 3.8) is 0 Å². The molecule has 0 aliphatic carbocycles. The molecule has 1 aromatic carbocycles. The molecule has 2 rings (SSSR count). The van der Waals surface area contributed by atoms with Crippen LogP contribution in [-0.4, -0.2) is 13.4 Å². The van der Waals surface area contributed by atoms with Crippen molar-refractivity contribution in [2.45, 2.75) is 25.7 Å². The largest absolute Gasteiger partial charge is 0.279 e. The minimum Gasteiger partial charge on any atom is -0.279 e. The summed E-state index contributed by atoms with van der Waals surface area (Å²) in [5.74, 6) is 0. The Hall–Kier alpha value is -1.59. The van der Waals surface area contributed by atoms with E-state index in [1.165, 1.54) is 18.5 Å². The molecule has 4 nitrogen and oxygen atoms in total. The highest BCUT2D eigenvalue weighted by molar-refractivity contribution is 7.92. The van der Waals surface area contributed by atoms with E-state index >= 15 is 0 Å². The molecule has 0 amide bonds. The Morgan fingerprint density at radius 2 is 1.75 bits per heavy atom. The molecule has 0 saturated carbocycles. The van der Waals surface area contributed by atoms with Crippen LogP contribution < -0.4 is 4.72 Å². The normalized spacial score (nSPS) is 11.4. The van der Waals surface area contributed by atoms with Crippen LogP contribution in [0.15, 0.2) is 35.5 Å². The number of pyridine rings is 1. The van der Waals surface area contributed by atoms with Gasteiger partial charge in [0.2, 0.25) is 0 Å². The van der Waals surface area contributed by atoms with Crippen LogP contribution in [0.25, 0.3) is 0 Å². The number of aryl methyl sites for hydroxylation is 3. The van der Waals surface area contributed by atoms with E-state index in [-0.39, 0.29) is 9.92 Å². The molecule has 1 N–H and O–H groups in total. The van der Waals surface area contributed by atoms with Gasteiger partial charge in [0.05, 0.1) is 10.7 Å². The first-order chi connectivity index (χ1) is 9.31. The van der Waals surface area contributed by atoms with Crippen LogP contribution in [-0.2, 0) is 10.0 Å². The highest BCUT2D eigenvalue weighted by Crippen LogP contribution is 2.27. The molecule has 0 atom stereocenters. The summed E-state index contributed by atoms with van der Waals surface area (Å²) in [4.78, 5) is 3.78. The lowest BCUT2D eigenvalue weighted by Crippen LogP contribution is -2.15. The van der Waals surface area contributed by atoms with Crippen molar-refractivity contribution < 1.29 is 8.42 Å². The maximum Gasteiger partial charge on any atom is 0.264 e. The third kappa shape index (κ3) is 2.94. The number of benzene rings is 1. The number of nitrogens with one attached hydrogen (secondary N) is 1. The number of hydrogen-bond donors (Lipinski definition) is 1. The number of hydrogen-bond acceptors (Lipinski definition) is 3. The van der Waals surface area contributed by atoms with Crippen molar-refractivity contribution in [2.75, 3.05) is 4.72 Å². The van der Waals surface area contributed by atoms with E-state index in [1.807, 2.05) is 32.9 Å². The summed E-state index contributed by atoms with van der Waals surface area (Å²) < 4.78 is 27.3. The summed E-state index contributed by atoms with van der Waals surface area (Å²) >= 11 is 5.92. The lowest BCUT2D eigenvalue weighted by atomic mass is 10.1. The molecule has 0 bridgehead atoms. The van der Waals surface area contributed by atoms with Gasteiger partial charge in [-0.2, -0.15) is 0 Å². The minimum absolute atomic E-state index is 0.0268. The summed E-state index contributed by atoms with van der Waals surface area (Å²) in [7, 11) is -3.75. The van der Waals surface area contributed by atoms with Gasteiger partial charge in [-0.05, 0) is 38.0 Å². The Bertz CT molecular complexity index is 735. The molecule has 0 unspecified atom stereocenters. The molecule has 2 aromatic rings. The fourth-order valence-corrected chi connectivity index (χ4v) is 3.73. The third-order valence-corrected chi connectivity index (χ3v) is 4.76. The van der Waals surface area contributed by atoms with Crippen LogP contribution >= 0.6 is 11.6 Å². The summed E-state index contributed by atoms with van der Waals surface area (Å²) in [6, 6.07) is 5.30. The van der Waals surface area contributed by atoms with E-state index in [2.05, 4.69) is 9.71 Å². The van der Waals surface area contributed by atoms with E-state index in [1.54, 1.807) is 0 Å². The lowest BCUT2D eigenvalue weighted by molar-refractivity contribution is 0.601. The first kappa shape index (κ1) is 14.8. The van der Waals surface area contributed by atoms with Crippen molar-refractivity contribution in [3.05, 3.63) is 52.3 Å². The van der Waals surface area contributed by atoms with E-state index in [4.69, 9.17) is 11.6 Å². The van der Waals surface area contributed by atoms with Crippen molar-refractivity contribution in [1.82, 2.24) is 4.98 Å². The molecule has 0 saturated heterocycles. The summed E-state index contributed by atoms with van der Waals surface area (Å²) in [6.45, 7) is 5.70. The molecular formula is C14H15ClN2O2S. The second-order valence-corrected chi connectivity index (χ2v) is 6.74. The van der Waals surface area contributed by atoms with Crippen LogP contribution in [0, 0.1) is 20.8 Å². The van der Waals surface area contributed by atoms with Gasteiger partial charge in [-0.25, -0.2) is 8.42 Å². The molecule has 0 aliphatic rings. The van der Waals surface area contributed by atoms with Crippen molar-refractivity contribution in [3.8, 4) is 0 Å². The zero-order chi connectivity index (χ0) is 14.9. The van der Waals surface area contributed by atoms with Gasteiger partial charge in [0, 0.05) is 12.4 Å². The van der Waals surface area contributed by atoms with Gasteiger partial charge in [0.15, 0.2) is 0 Å². The predicted molar refractivity (Wildman–Crippen MR) is 80.7 cm³/mol. The second-order valence-electron chi connectivity index (χ2n) is 4.69. The average Bonchev–Trinajstić information content (AvgIpc) is 2.34. The zero-order valence-corrected chi connectivity index (χ0v) is 13.0. The molecule has 0 aliphatic heterocycles. The lowest BCUT2D eigenvalue weighted by Gasteiger charge is -2.14. The molecule has 0 spiro atoms. The standard InChI is InChI=1S/C14H15ClN2O2S/c1-9-6-10(2)14(11(3)7-9)17-20(18,19)13-8-16-5-4-12(13)15/h4-8,17H,1-3H3. The molecule has 6 heteroatoms. The quantitative estimate of drug-likeness (QED) is 0.944. The van der Waals surface area contributed by atoms with Gasteiger partial charge in [0.1, 0.15) is 4.90 Å². The third-order valence-electron chi connectivity index (χ3n) is 2.94. The van der Waals surface area contributed by atoms with Crippen LogP contribution in [0.1, 0.15) is 16.7 Å². The fraction of sp³-hybridized carbons (Fsp3) is 0.214. The van der Waals surface area contributed by atoms with E-state index in [9.17, 15) is 8.42 Å². The van der Waals surface area contributed by atoms with Crippen molar-refractivity contribution in [1.29, 1.82) is 0 Å². The Balaban J connectivity index is 2.47. The minimum atomic E-state index is -3.75. The molecule has 1 heterocycles. The monoisotopic (exact) mass is 310 g/mol. The zero-order valence-electron chi connectivity index (χ0n) is 11.4. The van der Waals surface area contributed by atoms with E-state index < -0.39 is 10.0 Å². The van der Waals surface area contributed by atoms with Gasteiger partial charge in [-0.3, -0.25) is 9.71 Å². The summed E-state index contributed by atoms with van der Waals surface area (Å²) in [5.41, 5.74) is 3.40.